The highest BCUT2D eigenvalue weighted by atomic mass is 16.3. The fourth-order valence-electron chi connectivity index (χ4n) is 1.99. The van der Waals surface area contributed by atoms with Crippen LogP contribution in [0.3, 0.4) is 0 Å². The molecule has 0 saturated carbocycles. The molecule has 0 aliphatic heterocycles. The second-order valence-electron chi connectivity index (χ2n) is 4.05. The van der Waals surface area contributed by atoms with E-state index in [0.29, 0.717) is 0 Å². The maximum absolute atomic E-state index is 11.2. The maximum atomic E-state index is 11.2. The summed E-state index contributed by atoms with van der Waals surface area (Å²) in [6, 6.07) is 9.59. The highest BCUT2D eigenvalue weighted by Crippen LogP contribution is 2.31. The smallest absolute Gasteiger partial charge is 0.218 e. The molecule has 96 valence electrons. The van der Waals surface area contributed by atoms with E-state index >= 15 is 0 Å². The van der Waals surface area contributed by atoms with Crippen molar-refractivity contribution in [3.63, 3.8) is 0 Å². The standard InChI is InChI=1S/C15H19NO2/c1-3-12(14(17)4-2)13(10-15(16)18)11-8-6-5-7-9-11/h3-9,13,17H,10H2,1-2H3,(H2,16,18)/b12-3-,14-4+. The van der Waals surface area contributed by atoms with E-state index in [1.807, 2.05) is 43.3 Å². The van der Waals surface area contributed by atoms with Crippen molar-refractivity contribution < 1.29 is 9.90 Å². The van der Waals surface area contributed by atoms with E-state index < -0.39 is 0 Å². The SMILES string of the molecule is C/C=C(\C(O)=C/C)C(CC(N)=O)c1ccccc1. The number of rotatable bonds is 5. The Morgan fingerprint density at radius 1 is 1.28 bits per heavy atom. The molecule has 0 aliphatic carbocycles. The lowest BCUT2D eigenvalue weighted by Crippen LogP contribution is -2.17. The predicted octanol–water partition coefficient (Wildman–Crippen LogP) is 3.05. The fourth-order valence-corrected chi connectivity index (χ4v) is 1.99. The van der Waals surface area contributed by atoms with Gasteiger partial charge in [-0.2, -0.15) is 0 Å². The zero-order chi connectivity index (χ0) is 13.5. The Labute approximate surface area is 108 Å². The first kappa shape index (κ1) is 14.0. The molecule has 0 spiro atoms. The molecule has 1 amide bonds. The zero-order valence-electron chi connectivity index (χ0n) is 10.8. The van der Waals surface area contributed by atoms with Crippen LogP contribution in [0.5, 0.6) is 0 Å². The van der Waals surface area contributed by atoms with Crippen LogP contribution in [0.2, 0.25) is 0 Å². The van der Waals surface area contributed by atoms with Crippen LogP contribution in [0.1, 0.15) is 31.7 Å². The van der Waals surface area contributed by atoms with Crippen LogP contribution >= 0.6 is 0 Å². The van der Waals surface area contributed by atoms with Crippen LogP contribution in [0, 0.1) is 0 Å². The number of aliphatic hydroxyl groups excluding tert-OH is 1. The van der Waals surface area contributed by atoms with Gasteiger partial charge in [-0.1, -0.05) is 36.4 Å². The Morgan fingerprint density at radius 2 is 1.89 bits per heavy atom. The van der Waals surface area contributed by atoms with Crippen molar-refractivity contribution >= 4 is 5.91 Å². The monoisotopic (exact) mass is 245 g/mol. The number of nitrogens with two attached hydrogens (primary N) is 1. The van der Waals surface area contributed by atoms with Gasteiger partial charge in [0.2, 0.25) is 5.91 Å². The third-order valence-corrected chi connectivity index (χ3v) is 2.86. The van der Waals surface area contributed by atoms with Crippen LogP contribution in [0.25, 0.3) is 0 Å². The van der Waals surface area contributed by atoms with Gasteiger partial charge in [-0.05, 0) is 31.1 Å². The van der Waals surface area contributed by atoms with Gasteiger partial charge in [0.05, 0.1) is 0 Å². The number of amides is 1. The highest BCUT2D eigenvalue weighted by molar-refractivity contribution is 5.75. The number of carbonyl (C=O) groups is 1. The molecule has 0 heterocycles. The summed E-state index contributed by atoms with van der Waals surface area (Å²) in [5, 5.41) is 9.90. The summed E-state index contributed by atoms with van der Waals surface area (Å²) in [7, 11) is 0. The maximum Gasteiger partial charge on any atom is 0.218 e. The minimum Gasteiger partial charge on any atom is -0.508 e. The van der Waals surface area contributed by atoms with Crippen molar-refractivity contribution in [2.75, 3.05) is 0 Å². The van der Waals surface area contributed by atoms with Gasteiger partial charge >= 0.3 is 0 Å². The summed E-state index contributed by atoms with van der Waals surface area (Å²) >= 11 is 0. The molecule has 1 aromatic carbocycles. The van der Waals surface area contributed by atoms with E-state index in [1.165, 1.54) is 0 Å². The Hall–Kier alpha value is -2.03. The Kier molecular flexibility index (Phi) is 5.18. The minimum absolute atomic E-state index is 0.182. The predicted molar refractivity (Wildman–Crippen MR) is 73.1 cm³/mol. The number of carbonyl (C=O) groups excluding carboxylic acids is 1. The number of hydrogen-bond donors (Lipinski definition) is 2. The third kappa shape index (κ3) is 3.48. The van der Waals surface area contributed by atoms with Gasteiger partial charge in [0, 0.05) is 12.3 Å². The van der Waals surface area contributed by atoms with E-state index in [2.05, 4.69) is 0 Å². The summed E-state index contributed by atoms with van der Waals surface area (Å²) in [5.74, 6) is -0.399. The van der Waals surface area contributed by atoms with Crippen LogP contribution in [-0.2, 0) is 4.79 Å². The molecule has 0 radical (unpaired) electrons. The van der Waals surface area contributed by atoms with Crippen molar-refractivity contribution in [2.45, 2.75) is 26.2 Å². The lowest BCUT2D eigenvalue weighted by Gasteiger charge is -2.19. The van der Waals surface area contributed by atoms with Crippen molar-refractivity contribution in [3.8, 4) is 0 Å². The lowest BCUT2D eigenvalue weighted by atomic mass is 9.86. The van der Waals surface area contributed by atoms with E-state index in [0.717, 1.165) is 11.1 Å². The van der Waals surface area contributed by atoms with E-state index in [4.69, 9.17) is 5.73 Å². The van der Waals surface area contributed by atoms with Crippen LogP contribution in [-0.4, -0.2) is 11.0 Å². The zero-order valence-corrected chi connectivity index (χ0v) is 10.8. The summed E-state index contributed by atoms with van der Waals surface area (Å²) in [6.07, 6.45) is 3.61. The number of hydrogen-bond acceptors (Lipinski definition) is 2. The van der Waals surface area contributed by atoms with Crippen molar-refractivity contribution in [2.24, 2.45) is 5.73 Å². The van der Waals surface area contributed by atoms with Crippen LogP contribution in [0.4, 0.5) is 0 Å². The molecule has 3 N–H and O–H groups in total. The first-order valence-electron chi connectivity index (χ1n) is 5.95. The highest BCUT2D eigenvalue weighted by Gasteiger charge is 2.20. The van der Waals surface area contributed by atoms with Gasteiger partial charge in [-0.25, -0.2) is 0 Å². The fraction of sp³-hybridized carbons (Fsp3) is 0.267. The van der Waals surface area contributed by atoms with E-state index in [1.54, 1.807) is 13.0 Å². The second-order valence-corrected chi connectivity index (χ2v) is 4.05. The molecule has 3 heteroatoms. The Morgan fingerprint density at radius 3 is 2.33 bits per heavy atom. The molecule has 18 heavy (non-hydrogen) atoms. The molecule has 0 bridgehead atoms. The van der Waals surface area contributed by atoms with Crippen molar-refractivity contribution in [1.29, 1.82) is 0 Å². The summed E-state index contributed by atoms with van der Waals surface area (Å²) in [4.78, 5) is 11.2. The van der Waals surface area contributed by atoms with Crippen LogP contribution in [0.15, 0.2) is 53.8 Å². The molecule has 1 rings (SSSR count). The summed E-state index contributed by atoms with van der Waals surface area (Å²) in [5.41, 5.74) is 6.99. The number of benzene rings is 1. The van der Waals surface area contributed by atoms with E-state index in [-0.39, 0.29) is 24.0 Å². The summed E-state index contributed by atoms with van der Waals surface area (Å²) in [6.45, 7) is 3.59. The average molecular weight is 245 g/mol. The Bertz CT molecular complexity index is 461. The quantitative estimate of drug-likeness (QED) is 0.618. The van der Waals surface area contributed by atoms with Gasteiger partial charge < -0.3 is 10.8 Å². The third-order valence-electron chi connectivity index (χ3n) is 2.86. The molecule has 0 aromatic heterocycles. The molecule has 1 aromatic rings. The first-order valence-corrected chi connectivity index (χ1v) is 5.95. The van der Waals surface area contributed by atoms with Crippen molar-refractivity contribution in [3.05, 3.63) is 59.4 Å². The molecule has 0 saturated heterocycles. The molecule has 1 unspecified atom stereocenters. The molecule has 3 nitrogen and oxygen atoms in total. The second kappa shape index (κ2) is 6.64. The summed E-state index contributed by atoms with van der Waals surface area (Å²) < 4.78 is 0. The van der Waals surface area contributed by atoms with Gasteiger partial charge in [-0.15, -0.1) is 0 Å². The first-order chi connectivity index (χ1) is 8.60. The van der Waals surface area contributed by atoms with Crippen LogP contribution < -0.4 is 5.73 Å². The largest absolute Gasteiger partial charge is 0.508 e. The lowest BCUT2D eigenvalue weighted by molar-refractivity contribution is -0.118. The molecular formula is C15H19NO2. The van der Waals surface area contributed by atoms with Gasteiger partial charge in [0.15, 0.2) is 0 Å². The van der Waals surface area contributed by atoms with Gasteiger partial charge in [0.1, 0.15) is 5.76 Å². The number of aliphatic hydroxyl groups is 1. The number of primary amides is 1. The van der Waals surface area contributed by atoms with E-state index in [9.17, 15) is 9.90 Å². The Balaban J connectivity index is 3.17. The van der Waals surface area contributed by atoms with Crippen molar-refractivity contribution in [1.82, 2.24) is 0 Å². The minimum atomic E-state index is -0.382. The molecule has 1 atom stereocenters. The van der Waals surface area contributed by atoms with Gasteiger partial charge in [0.25, 0.3) is 0 Å². The number of allylic oxidation sites excluding steroid dienone is 3. The average Bonchev–Trinajstić information content (AvgIpc) is 2.38. The molecule has 0 aliphatic rings. The molecular weight excluding hydrogens is 226 g/mol. The van der Waals surface area contributed by atoms with Gasteiger partial charge in [-0.3, -0.25) is 4.79 Å². The molecule has 0 fully saturated rings. The normalized spacial score (nSPS) is 14.3. The topological polar surface area (TPSA) is 63.3 Å².